The van der Waals surface area contributed by atoms with Gasteiger partial charge in [-0.15, -0.1) is 0 Å². The van der Waals surface area contributed by atoms with Crippen molar-refractivity contribution in [3.05, 3.63) is 101 Å². The van der Waals surface area contributed by atoms with Crippen molar-refractivity contribution in [3.63, 3.8) is 0 Å². The molecule has 0 aromatic heterocycles. The van der Waals surface area contributed by atoms with Crippen LogP contribution in [0.5, 0.6) is 11.5 Å². The summed E-state index contributed by atoms with van der Waals surface area (Å²) < 4.78 is 25.3. The van der Waals surface area contributed by atoms with E-state index in [2.05, 4.69) is 29.6 Å². The summed E-state index contributed by atoms with van der Waals surface area (Å²) in [5.41, 5.74) is 2.89. The smallest absolute Gasteiger partial charge is 0.161 e. The van der Waals surface area contributed by atoms with Crippen LogP contribution in [0.15, 0.2) is 78.9 Å². The Labute approximate surface area is 186 Å². The molecule has 0 saturated carbocycles. The zero-order valence-electron chi connectivity index (χ0n) is 17.2. The second-order valence-electron chi connectivity index (χ2n) is 7.12. The van der Waals surface area contributed by atoms with Gasteiger partial charge in [0.25, 0.3) is 0 Å². The van der Waals surface area contributed by atoms with E-state index < -0.39 is 5.82 Å². The van der Waals surface area contributed by atoms with Crippen LogP contribution in [0.2, 0.25) is 5.02 Å². The molecule has 4 rings (SSSR count). The molecule has 5 heteroatoms. The van der Waals surface area contributed by atoms with Crippen molar-refractivity contribution >= 4 is 28.1 Å². The van der Waals surface area contributed by atoms with Crippen LogP contribution in [0.25, 0.3) is 10.8 Å². The highest BCUT2D eigenvalue weighted by Crippen LogP contribution is 2.31. The molecule has 0 amide bonds. The zero-order valence-corrected chi connectivity index (χ0v) is 18.0. The minimum atomic E-state index is -0.432. The first-order valence-electron chi connectivity index (χ1n) is 10.2. The molecule has 3 nitrogen and oxygen atoms in total. The van der Waals surface area contributed by atoms with Gasteiger partial charge in [0.15, 0.2) is 11.5 Å². The number of benzene rings is 4. The molecule has 0 aliphatic rings. The van der Waals surface area contributed by atoms with Gasteiger partial charge in [0, 0.05) is 12.2 Å². The van der Waals surface area contributed by atoms with E-state index in [0.29, 0.717) is 31.3 Å². The van der Waals surface area contributed by atoms with E-state index in [1.807, 2.05) is 43.3 Å². The summed E-state index contributed by atoms with van der Waals surface area (Å²) in [6.07, 6.45) is 0. The Hall–Kier alpha value is -3.24. The molecular weight excluding hydrogens is 413 g/mol. The first-order chi connectivity index (χ1) is 15.1. The van der Waals surface area contributed by atoms with Crippen molar-refractivity contribution in [2.75, 3.05) is 11.9 Å². The zero-order chi connectivity index (χ0) is 21.6. The molecular formula is C26H23ClFNO2. The summed E-state index contributed by atoms with van der Waals surface area (Å²) >= 11 is 5.85. The van der Waals surface area contributed by atoms with Crippen LogP contribution in [-0.4, -0.2) is 6.61 Å². The molecule has 31 heavy (non-hydrogen) atoms. The van der Waals surface area contributed by atoms with Crippen molar-refractivity contribution in [1.82, 2.24) is 0 Å². The van der Waals surface area contributed by atoms with Crippen molar-refractivity contribution in [3.8, 4) is 11.5 Å². The largest absolute Gasteiger partial charge is 0.490 e. The Bertz CT molecular complexity index is 1190. The predicted octanol–water partition coefficient (Wildman–Crippen LogP) is 7.22. The maximum Gasteiger partial charge on any atom is 0.161 e. The molecule has 0 spiro atoms. The quantitative estimate of drug-likeness (QED) is 0.317. The Balaban J connectivity index is 1.48. The number of anilines is 1. The third-order valence-corrected chi connectivity index (χ3v) is 5.28. The van der Waals surface area contributed by atoms with Crippen molar-refractivity contribution in [1.29, 1.82) is 0 Å². The van der Waals surface area contributed by atoms with E-state index in [0.717, 1.165) is 16.8 Å². The molecule has 0 radical (unpaired) electrons. The molecule has 0 saturated heterocycles. The summed E-state index contributed by atoms with van der Waals surface area (Å²) in [6.45, 7) is 3.48. The number of fused-ring (bicyclic) bond motifs is 1. The van der Waals surface area contributed by atoms with E-state index >= 15 is 0 Å². The Morgan fingerprint density at radius 2 is 1.71 bits per heavy atom. The summed E-state index contributed by atoms with van der Waals surface area (Å²) in [4.78, 5) is 0. The third-order valence-electron chi connectivity index (χ3n) is 4.99. The van der Waals surface area contributed by atoms with Crippen LogP contribution < -0.4 is 14.8 Å². The van der Waals surface area contributed by atoms with Crippen LogP contribution in [-0.2, 0) is 13.2 Å². The number of ether oxygens (including phenoxy) is 2. The van der Waals surface area contributed by atoms with Crippen molar-refractivity contribution in [2.24, 2.45) is 0 Å². The molecule has 0 aliphatic heterocycles. The molecule has 0 aliphatic carbocycles. The van der Waals surface area contributed by atoms with Gasteiger partial charge in [0.05, 0.1) is 11.6 Å². The standard InChI is InChI=1S/C26H23ClFNO2/c1-2-30-26-14-18(16-29-21-11-12-24(28)23(27)15-21)10-13-25(26)31-17-20-8-5-7-19-6-3-4-9-22(19)20/h3-15,29H,2,16-17H2,1H3. The van der Waals surface area contributed by atoms with Crippen LogP contribution >= 0.6 is 11.6 Å². The summed E-state index contributed by atoms with van der Waals surface area (Å²) in [7, 11) is 0. The number of hydrogen-bond donors (Lipinski definition) is 1. The van der Waals surface area contributed by atoms with E-state index in [1.165, 1.54) is 16.8 Å². The molecule has 1 N–H and O–H groups in total. The van der Waals surface area contributed by atoms with E-state index in [1.54, 1.807) is 12.1 Å². The molecule has 4 aromatic carbocycles. The van der Waals surface area contributed by atoms with E-state index in [9.17, 15) is 4.39 Å². The third kappa shape index (κ3) is 5.09. The highest BCUT2D eigenvalue weighted by Gasteiger charge is 2.09. The molecule has 0 heterocycles. The molecule has 0 unspecified atom stereocenters. The minimum absolute atomic E-state index is 0.0946. The Kier molecular flexibility index (Phi) is 6.58. The van der Waals surface area contributed by atoms with E-state index in [4.69, 9.17) is 21.1 Å². The van der Waals surface area contributed by atoms with E-state index in [-0.39, 0.29) is 5.02 Å². The second-order valence-corrected chi connectivity index (χ2v) is 7.53. The van der Waals surface area contributed by atoms with Gasteiger partial charge in [-0.1, -0.05) is 60.1 Å². The van der Waals surface area contributed by atoms with Crippen LogP contribution in [0.3, 0.4) is 0 Å². The lowest BCUT2D eigenvalue weighted by molar-refractivity contribution is 0.270. The lowest BCUT2D eigenvalue weighted by Crippen LogP contribution is -2.03. The topological polar surface area (TPSA) is 30.5 Å². The van der Waals surface area contributed by atoms with Crippen LogP contribution in [0, 0.1) is 5.82 Å². The monoisotopic (exact) mass is 435 g/mol. The fourth-order valence-electron chi connectivity index (χ4n) is 3.43. The number of nitrogens with one attached hydrogen (secondary N) is 1. The minimum Gasteiger partial charge on any atom is -0.490 e. The number of halogens is 2. The second kappa shape index (κ2) is 9.71. The maximum absolute atomic E-state index is 13.3. The average Bonchev–Trinajstić information content (AvgIpc) is 2.79. The van der Waals surface area contributed by atoms with Gasteiger partial charge in [-0.3, -0.25) is 0 Å². The van der Waals surface area contributed by atoms with Crippen LogP contribution in [0.4, 0.5) is 10.1 Å². The predicted molar refractivity (Wildman–Crippen MR) is 125 cm³/mol. The summed E-state index contributed by atoms with van der Waals surface area (Å²) in [5, 5.41) is 5.72. The van der Waals surface area contributed by atoms with Crippen molar-refractivity contribution < 1.29 is 13.9 Å². The first kappa shape index (κ1) is 21.0. The summed E-state index contributed by atoms with van der Waals surface area (Å²) in [6, 6.07) is 24.9. The maximum atomic E-state index is 13.3. The lowest BCUT2D eigenvalue weighted by Gasteiger charge is -2.15. The number of rotatable bonds is 8. The average molecular weight is 436 g/mol. The molecule has 158 valence electrons. The molecule has 0 fully saturated rings. The fraction of sp³-hybridized carbons (Fsp3) is 0.154. The molecule has 0 bridgehead atoms. The van der Waals surface area contributed by atoms with Crippen LogP contribution in [0.1, 0.15) is 18.1 Å². The van der Waals surface area contributed by atoms with Gasteiger partial charge in [-0.2, -0.15) is 0 Å². The fourth-order valence-corrected chi connectivity index (χ4v) is 3.61. The lowest BCUT2D eigenvalue weighted by atomic mass is 10.1. The highest BCUT2D eigenvalue weighted by atomic mass is 35.5. The first-order valence-corrected chi connectivity index (χ1v) is 10.6. The van der Waals surface area contributed by atoms with Gasteiger partial charge in [-0.05, 0) is 59.2 Å². The highest BCUT2D eigenvalue weighted by molar-refractivity contribution is 6.31. The van der Waals surface area contributed by atoms with Gasteiger partial charge in [0.2, 0.25) is 0 Å². The van der Waals surface area contributed by atoms with Crippen molar-refractivity contribution in [2.45, 2.75) is 20.1 Å². The SMILES string of the molecule is CCOc1cc(CNc2ccc(F)c(Cl)c2)ccc1OCc1cccc2ccccc12. The Morgan fingerprint density at radius 3 is 2.55 bits per heavy atom. The van der Waals surface area contributed by atoms with Gasteiger partial charge >= 0.3 is 0 Å². The normalized spacial score (nSPS) is 10.8. The number of hydrogen-bond acceptors (Lipinski definition) is 3. The van der Waals surface area contributed by atoms with Gasteiger partial charge in [-0.25, -0.2) is 4.39 Å². The van der Waals surface area contributed by atoms with Gasteiger partial charge in [0.1, 0.15) is 12.4 Å². The molecule has 4 aromatic rings. The summed E-state index contributed by atoms with van der Waals surface area (Å²) in [5.74, 6) is 0.959. The van der Waals surface area contributed by atoms with Gasteiger partial charge < -0.3 is 14.8 Å². The Morgan fingerprint density at radius 1 is 0.871 bits per heavy atom. The molecule has 0 atom stereocenters.